The van der Waals surface area contributed by atoms with Gasteiger partial charge in [-0.05, 0) is 72.2 Å². The molecule has 0 saturated carbocycles. The minimum Gasteiger partial charge on any atom is -0.336 e. The average Bonchev–Trinajstić information content (AvgIpc) is 2.89. The van der Waals surface area contributed by atoms with E-state index in [1.54, 1.807) is 11.0 Å². The number of piperidine rings is 1. The number of likely N-dealkylation sites (tertiary alicyclic amines) is 1. The molecule has 2 heterocycles. The summed E-state index contributed by atoms with van der Waals surface area (Å²) in [4.78, 5) is 40.2. The van der Waals surface area contributed by atoms with E-state index < -0.39 is 5.91 Å². The van der Waals surface area contributed by atoms with Crippen molar-refractivity contribution in [2.24, 2.45) is 5.18 Å². The molecule has 1 aliphatic heterocycles. The SMILES string of the molecule is Cc1cnc2c(c1)CCc1cc(Cl)c(N=O)cc1C2=C1CCN(C(=O)C=O)CC1. The Labute approximate surface area is 173 Å². The number of amides is 1. The lowest BCUT2D eigenvalue weighted by Crippen LogP contribution is -2.37. The van der Waals surface area contributed by atoms with Gasteiger partial charge in [-0.15, -0.1) is 4.91 Å². The van der Waals surface area contributed by atoms with Crippen LogP contribution in [0, 0.1) is 11.8 Å². The van der Waals surface area contributed by atoms with Crippen LogP contribution in [0.15, 0.2) is 35.1 Å². The molecule has 0 unspecified atom stereocenters. The van der Waals surface area contributed by atoms with Crippen LogP contribution in [-0.2, 0) is 22.4 Å². The predicted molar refractivity (Wildman–Crippen MR) is 111 cm³/mol. The van der Waals surface area contributed by atoms with Crippen LogP contribution in [-0.4, -0.2) is 35.2 Å². The van der Waals surface area contributed by atoms with Crippen LogP contribution in [0.4, 0.5) is 5.69 Å². The summed E-state index contributed by atoms with van der Waals surface area (Å²) in [6.45, 7) is 2.99. The van der Waals surface area contributed by atoms with E-state index in [0.717, 1.165) is 46.4 Å². The molecule has 1 amide bonds. The molecule has 0 radical (unpaired) electrons. The van der Waals surface area contributed by atoms with Crippen molar-refractivity contribution < 1.29 is 9.59 Å². The fourth-order valence-corrected chi connectivity index (χ4v) is 4.46. The second-order valence-corrected chi connectivity index (χ2v) is 7.90. The van der Waals surface area contributed by atoms with Gasteiger partial charge in [0.1, 0.15) is 5.69 Å². The number of pyridine rings is 1. The largest absolute Gasteiger partial charge is 0.336 e. The Bertz CT molecular complexity index is 1050. The molecule has 1 aliphatic carbocycles. The number of halogens is 1. The van der Waals surface area contributed by atoms with Gasteiger partial charge in [0.2, 0.25) is 6.29 Å². The first-order valence-electron chi connectivity index (χ1n) is 9.60. The number of benzene rings is 1. The Morgan fingerprint density at radius 2 is 1.86 bits per heavy atom. The van der Waals surface area contributed by atoms with Crippen molar-refractivity contribution >= 4 is 35.1 Å². The van der Waals surface area contributed by atoms with E-state index in [4.69, 9.17) is 16.6 Å². The number of nitrogens with zero attached hydrogens (tertiary/aromatic N) is 3. The van der Waals surface area contributed by atoms with E-state index in [1.807, 2.05) is 19.2 Å². The van der Waals surface area contributed by atoms with Crippen LogP contribution in [0.25, 0.3) is 5.57 Å². The number of hydrogen-bond donors (Lipinski definition) is 0. The molecular formula is C22H20ClN3O3. The lowest BCUT2D eigenvalue weighted by molar-refractivity contribution is -0.139. The van der Waals surface area contributed by atoms with Gasteiger partial charge in [0.05, 0.1) is 10.7 Å². The number of nitroso groups, excluding NO2 is 1. The first-order chi connectivity index (χ1) is 14.0. The van der Waals surface area contributed by atoms with Gasteiger partial charge in [0.25, 0.3) is 5.91 Å². The summed E-state index contributed by atoms with van der Waals surface area (Å²) in [5, 5.41) is 3.44. The van der Waals surface area contributed by atoms with Crippen LogP contribution >= 0.6 is 11.6 Å². The van der Waals surface area contributed by atoms with Crippen molar-refractivity contribution in [1.82, 2.24) is 9.88 Å². The van der Waals surface area contributed by atoms with E-state index in [-0.39, 0.29) is 5.69 Å². The quantitative estimate of drug-likeness (QED) is 0.423. The van der Waals surface area contributed by atoms with Crippen LogP contribution in [0.2, 0.25) is 5.02 Å². The topological polar surface area (TPSA) is 79.7 Å². The summed E-state index contributed by atoms with van der Waals surface area (Å²) in [7, 11) is 0. The van der Waals surface area contributed by atoms with Gasteiger partial charge in [-0.25, -0.2) is 0 Å². The summed E-state index contributed by atoms with van der Waals surface area (Å²) >= 11 is 6.25. The first-order valence-corrected chi connectivity index (χ1v) is 9.97. The highest BCUT2D eigenvalue weighted by atomic mass is 35.5. The highest BCUT2D eigenvalue weighted by Crippen LogP contribution is 2.41. The maximum Gasteiger partial charge on any atom is 0.286 e. The number of carbonyl (C=O) groups excluding carboxylic acids is 2. The molecule has 2 aliphatic rings. The standard InChI is InChI=1S/C22H20ClN3O3/c1-13-8-16-3-2-15-9-18(23)19(25-29)10-17(15)21(22(16)24-11-13)14-4-6-26(7-5-14)20(28)12-27/h8-12H,2-7H2,1H3. The third kappa shape index (κ3) is 3.60. The number of rotatable bonds is 2. The van der Waals surface area contributed by atoms with Gasteiger partial charge >= 0.3 is 0 Å². The van der Waals surface area contributed by atoms with Gasteiger partial charge in [-0.3, -0.25) is 14.6 Å². The van der Waals surface area contributed by atoms with Gasteiger partial charge in [-0.1, -0.05) is 23.2 Å². The third-order valence-corrected chi connectivity index (χ3v) is 5.98. The molecule has 7 heteroatoms. The summed E-state index contributed by atoms with van der Waals surface area (Å²) in [6, 6.07) is 5.74. The highest BCUT2D eigenvalue weighted by molar-refractivity contribution is 6.33. The normalized spacial score (nSPS) is 16.0. The number of aryl methyl sites for hydroxylation is 3. The fraction of sp³-hybridized carbons (Fsp3) is 0.318. The molecule has 0 N–H and O–H groups in total. The van der Waals surface area contributed by atoms with Crippen LogP contribution in [0.3, 0.4) is 0 Å². The minimum atomic E-state index is -0.483. The first kappa shape index (κ1) is 19.5. The zero-order valence-electron chi connectivity index (χ0n) is 16.1. The zero-order valence-corrected chi connectivity index (χ0v) is 16.8. The fourth-order valence-electron chi connectivity index (χ4n) is 4.23. The molecule has 148 valence electrons. The van der Waals surface area contributed by atoms with E-state index >= 15 is 0 Å². The summed E-state index contributed by atoms with van der Waals surface area (Å²) in [5.74, 6) is -0.483. The molecule has 2 aromatic rings. The maximum atomic E-state index is 11.7. The summed E-state index contributed by atoms with van der Waals surface area (Å²) < 4.78 is 0. The second-order valence-electron chi connectivity index (χ2n) is 7.49. The van der Waals surface area contributed by atoms with Crippen molar-refractivity contribution in [3.05, 3.63) is 67.8 Å². The lowest BCUT2D eigenvalue weighted by atomic mass is 9.88. The molecule has 1 aromatic carbocycles. The van der Waals surface area contributed by atoms with Crippen molar-refractivity contribution in [2.45, 2.75) is 32.6 Å². The molecule has 6 nitrogen and oxygen atoms in total. The Kier molecular flexibility index (Phi) is 5.28. The molecule has 1 fully saturated rings. The molecule has 0 spiro atoms. The van der Waals surface area contributed by atoms with E-state index in [2.05, 4.69) is 11.2 Å². The molecule has 4 rings (SSSR count). The van der Waals surface area contributed by atoms with Gasteiger partial charge in [0.15, 0.2) is 0 Å². The van der Waals surface area contributed by atoms with Crippen LogP contribution in [0.5, 0.6) is 0 Å². The van der Waals surface area contributed by atoms with Crippen molar-refractivity contribution in [3.8, 4) is 0 Å². The lowest BCUT2D eigenvalue weighted by Gasteiger charge is -2.29. The van der Waals surface area contributed by atoms with Gasteiger partial charge in [-0.2, -0.15) is 0 Å². The van der Waals surface area contributed by atoms with E-state index in [9.17, 15) is 14.5 Å². The van der Waals surface area contributed by atoms with E-state index in [1.165, 1.54) is 5.57 Å². The minimum absolute atomic E-state index is 0.215. The number of aromatic nitrogens is 1. The molecule has 0 atom stereocenters. The van der Waals surface area contributed by atoms with Gasteiger partial charge in [0, 0.05) is 24.9 Å². The number of hydrogen-bond acceptors (Lipinski definition) is 5. The van der Waals surface area contributed by atoms with Gasteiger partial charge < -0.3 is 4.90 Å². The zero-order chi connectivity index (χ0) is 20.5. The summed E-state index contributed by atoms with van der Waals surface area (Å²) in [5.41, 5.74) is 7.56. The molecule has 1 saturated heterocycles. The van der Waals surface area contributed by atoms with Crippen molar-refractivity contribution in [3.63, 3.8) is 0 Å². The van der Waals surface area contributed by atoms with Crippen molar-refractivity contribution in [2.75, 3.05) is 13.1 Å². The Morgan fingerprint density at radius 3 is 2.55 bits per heavy atom. The number of fused-ring (bicyclic) bond motifs is 2. The highest BCUT2D eigenvalue weighted by Gasteiger charge is 2.27. The molecule has 29 heavy (non-hydrogen) atoms. The third-order valence-electron chi connectivity index (χ3n) is 5.68. The summed E-state index contributed by atoms with van der Waals surface area (Å²) in [6.07, 6.45) is 5.13. The molecule has 1 aromatic heterocycles. The predicted octanol–water partition coefficient (Wildman–Crippen LogP) is 4.16. The van der Waals surface area contributed by atoms with Crippen molar-refractivity contribution in [1.29, 1.82) is 0 Å². The maximum absolute atomic E-state index is 11.7. The Hall–Kier alpha value is -2.86. The number of aldehydes is 1. The Balaban J connectivity index is 1.89. The number of carbonyl (C=O) groups is 2. The smallest absolute Gasteiger partial charge is 0.286 e. The average molecular weight is 410 g/mol. The van der Waals surface area contributed by atoms with E-state index in [0.29, 0.717) is 37.2 Å². The molecular weight excluding hydrogens is 390 g/mol. The molecule has 0 bridgehead atoms. The second kappa shape index (κ2) is 7.87. The Morgan fingerprint density at radius 1 is 1.14 bits per heavy atom. The monoisotopic (exact) mass is 409 g/mol. The van der Waals surface area contributed by atoms with Crippen LogP contribution in [0.1, 0.15) is 40.8 Å². The van der Waals surface area contributed by atoms with Crippen LogP contribution < -0.4 is 0 Å².